The van der Waals surface area contributed by atoms with Gasteiger partial charge in [-0.25, -0.2) is 0 Å². The topological polar surface area (TPSA) is 96.4 Å². The number of esters is 1. The number of nitrogens with zero attached hydrogens (tertiary/aromatic N) is 2. The van der Waals surface area contributed by atoms with Crippen LogP contribution in [0.1, 0.15) is 66.7 Å². The fraction of sp³-hybridized carbons (Fsp3) is 0.750. The van der Waals surface area contributed by atoms with Crippen molar-refractivity contribution in [1.29, 1.82) is 0 Å². The van der Waals surface area contributed by atoms with E-state index in [0.29, 0.717) is 38.8 Å². The van der Waals surface area contributed by atoms with E-state index in [1.165, 1.54) is 6.08 Å². The zero-order valence-electron chi connectivity index (χ0n) is 22.6. The molecule has 2 amide bonds. The second-order valence-corrected chi connectivity index (χ2v) is 12.2. The van der Waals surface area contributed by atoms with E-state index < -0.39 is 41.1 Å². The molecule has 36 heavy (non-hydrogen) atoms. The third kappa shape index (κ3) is 5.12. The molecule has 202 valence electrons. The maximum Gasteiger partial charge on any atom is 0.312 e. The van der Waals surface area contributed by atoms with Crippen LogP contribution in [0, 0.1) is 17.3 Å². The average molecular weight is 505 g/mol. The lowest BCUT2D eigenvalue weighted by Gasteiger charge is -2.45. The summed E-state index contributed by atoms with van der Waals surface area (Å²) < 4.78 is 11.8. The lowest BCUT2D eigenvalue weighted by molar-refractivity contribution is -0.155. The van der Waals surface area contributed by atoms with Crippen molar-refractivity contribution in [3.8, 4) is 0 Å². The highest BCUT2D eigenvalue weighted by molar-refractivity contribution is 5.98. The monoisotopic (exact) mass is 504 g/mol. The molecule has 0 saturated carbocycles. The number of aliphatic hydroxyl groups is 1. The largest absolute Gasteiger partial charge is 0.461 e. The van der Waals surface area contributed by atoms with Crippen LogP contribution in [0.2, 0.25) is 0 Å². The van der Waals surface area contributed by atoms with Crippen LogP contribution in [0.15, 0.2) is 25.3 Å². The van der Waals surface area contributed by atoms with Crippen LogP contribution in [-0.2, 0) is 23.9 Å². The molecule has 3 rings (SSSR count). The summed E-state index contributed by atoms with van der Waals surface area (Å²) in [6, 6.07) is -0.838. The van der Waals surface area contributed by atoms with Crippen molar-refractivity contribution >= 4 is 17.8 Å². The summed E-state index contributed by atoms with van der Waals surface area (Å²) in [7, 11) is 0. The summed E-state index contributed by atoms with van der Waals surface area (Å²) in [6.07, 6.45) is 5.72. The number of amides is 2. The summed E-state index contributed by atoms with van der Waals surface area (Å²) in [6.45, 7) is 18.7. The van der Waals surface area contributed by atoms with Crippen LogP contribution in [-0.4, -0.2) is 82.3 Å². The Kier molecular flexibility index (Phi) is 8.40. The Labute approximate surface area is 215 Å². The van der Waals surface area contributed by atoms with Gasteiger partial charge in [0.1, 0.15) is 18.2 Å². The molecule has 3 saturated heterocycles. The van der Waals surface area contributed by atoms with Crippen molar-refractivity contribution in [2.75, 3.05) is 26.3 Å². The highest BCUT2D eigenvalue weighted by Crippen LogP contribution is 2.59. The Morgan fingerprint density at radius 1 is 1.22 bits per heavy atom. The molecule has 0 aromatic carbocycles. The minimum atomic E-state index is -1.06. The van der Waals surface area contributed by atoms with E-state index in [0.717, 1.165) is 6.42 Å². The summed E-state index contributed by atoms with van der Waals surface area (Å²) in [4.78, 5) is 44.8. The van der Waals surface area contributed by atoms with Gasteiger partial charge in [0.2, 0.25) is 11.8 Å². The number of unbranched alkanes of at least 4 members (excludes halogenated alkanes) is 1. The number of likely N-dealkylation sites (tertiary alicyclic amines) is 1. The molecule has 8 nitrogen and oxygen atoms in total. The lowest BCUT2D eigenvalue weighted by Crippen LogP contribution is -2.61. The van der Waals surface area contributed by atoms with Crippen LogP contribution < -0.4 is 0 Å². The number of fused-ring (bicyclic) bond motifs is 1. The fourth-order valence-electron chi connectivity index (χ4n) is 6.88. The Morgan fingerprint density at radius 2 is 1.92 bits per heavy atom. The Balaban J connectivity index is 2.03. The predicted molar refractivity (Wildman–Crippen MR) is 137 cm³/mol. The molecule has 1 spiro atoms. The van der Waals surface area contributed by atoms with Gasteiger partial charge in [0.15, 0.2) is 0 Å². The van der Waals surface area contributed by atoms with Gasteiger partial charge in [-0.15, -0.1) is 6.58 Å². The highest BCUT2D eigenvalue weighted by Gasteiger charge is 2.75. The van der Waals surface area contributed by atoms with E-state index in [2.05, 4.69) is 33.9 Å². The van der Waals surface area contributed by atoms with Gasteiger partial charge >= 0.3 is 5.97 Å². The van der Waals surface area contributed by atoms with Crippen molar-refractivity contribution in [2.24, 2.45) is 17.3 Å². The van der Waals surface area contributed by atoms with Gasteiger partial charge in [0.25, 0.3) is 0 Å². The first kappa shape index (κ1) is 28.4. The van der Waals surface area contributed by atoms with E-state index in [9.17, 15) is 19.5 Å². The Hall–Kier alpha value is -2.19. The van der Waals surface area contributed by atoms with E-state index in [1.807, 2.05) is 18.7 Å². The number of ether oxygens (including phenoxy) is 2. The van der Waals surface area contributed by atoms with Gasteiger partial charge in [-0.2, -0.15) is 0 Å². The van der Waals surface area contributed by atoms with Crippen LogP contribution in [0.4, 0.5) is 0 Å². The first-order valence-corrected chi connectivity index (χ1v) is 13.1. The maximum absolute atomic E-state index is 14.5. The van der Waals surface area contributed by atoms with E-state index in [1.54, 1.807) is 11.0 Å². The maximum atomic E-state index is 14.5. The van der Waals surface area contributed by atoms with E-state index >= 15 is 0 Å². The van der Waals surface area contributed by atoms with Gasteiger partial charge in [-0.3, -0.25) is 14.4 Å². The molecular formula is C28H44N2O6. The molecule has 2 bridgehead atoms. The van der Waals surface area contributed by atoms with E-state index in [-0.39, 0.29) is 30.4 Å². The lowest BCUT2D eigenvalue weighted by atomic mass is 9.70. The number of hydrogen-bond donors (Lipinski definition) is 1. The van der Waals surface area contributed by atoms with Gasteiger partial charge in [-0.1, -0.05) is 39.5 Å². The van der Waals surface area contributed by atoms with Gasteiger partial charge in [-0.05, 0) is 51.4 Å². The molecular weight excluding hydrogens is 460 g/mol. The van der Waals surface area contributed by atoms with Gasteiger partial charge < -0.3 is 24.4 Å². The summed E-state index contributed by atoms with van der Waals surface area (Å²) in [5.41, 5.74) is -1.59. The normalized spacial score (nSPS) is 29.3. The third-order valence-electron chi connectivity index (χ3n) is 7.73. The summed E-state index contributed by atoms with van der Waals surface area (Å²) in [5.74, 6) is -2.38. The van der Waals surface area contributed by atoms with Crippen molar-refractivity contribution in [3.05, 3.63) is 25.3 Å². The quantitative estimate of drug-likeness (QED) is 0.249. The molecule has 0 aromatic heterocycles. The van der Waals surface area contributed by atoms with Crippen LogP contribution in [0.3, 0.4) is 0 Å². The smallest absolute Gasteiger partial charge is 0.312 e. The molecule has 0 radical (unpaired) electrons. The second kappa shape index (κ2) is 10.7. The minimum Gasteiger partial charge on any atom is -0.461 e. The van der Waals surface area contributed by atoms with Crippen LogP contribution in [0.5, 0.6) is 0 Å². The number of rotatable bonds is 12. The average Bonchev–Trinajstić information content (AvgIpc) is 3.41. The molecule has 3 aliphatic heterocycles. The molecule has 8 heteroatoms. The molecule has 0 aromatic rings. The van der Waals surface area contributed by atoms with Crippen LogP contribution in [0.25, 0.3) is 0 Å². The molecule has 0 aliphatic carbocycles. The number of carbonyl (C=O) groups is 3. The SMILES string of the molecule is C=CCOC(=O)[C@@H]1[C@H]2C(=O)N(CCCCO)C(C(=O)N(CC=C)C(C)(C)CC(C)(C)C)C23CC[C@H]1O3. The van der Waals surface area contributed by atoms with Crippen molar-refractivity contribution in [2.45, 2.75) is 90.0 Å². The first-order valence-electron chi connectivity index (χ1n) is 13.1. The van der Waals surface area contributed by atoms with Crippen molar-refractivity contribution in [1.82, 2.24) is 9.80 Å². The molecule has 1 N–H and O–H groups in total. The van der Waals surface area contributed by atoms with Crippen LogP contribution >= 0.6 is 0 Å². The summed E-state index contributed by atoms with van der Waals surface area (Å²) >= 11 is 0. The predicted octanol–water partition coefficient (Wildman–Crippen LogP) is 3.09. The minimum absolute atomic E-state index is 0.00545. The standard InChI is InChI=1S/C28H44N2O6/c1-8-14-30(27(6,7)18-26(3,4)5)24(33)22-28-13-12-19(36-28)20(25(34)35-17-9-2)21(28)23(32)29(22)15-10-11-16-31/h8-9,19-22,31H,1-2,10-18H2,3-7H3/t19-,20+,21+,22?,28?/m1/s1. The fourth-order valence-corrected chi connectivity index (χ4v) is 6.88. The molecule has 2 unspecified atom stereocenters. The zero-order valence-corrected chi connectivity index (χ0v) is 22.6. The third-order valence-corrected chi connectivity index (χ3v) is 7.73. The van der Waals surface area contributed by atoms with Crippen molar-refractivity contribution < 1.29 is 29.0 Å². The van der Waals surface area contributed by atoms with Gasteiger partial charge in [0.05, 0.1) is 17.9 Å². The zero-order chi connectivity index (χ0) is 26.9. The molecule has 5 atom stereocenters. The van der Waals surface area contributed by atoms with E-state index in [4.69, 9.17) is 9.47 Å². The Morgan fingerprint density at radius 3 is 2.50 bits per heavy atom. The number of hydrogen-bond acceptors (Lipinski definition) is 6. The molecule has 3 heterocycles. The molecule has 3 fully saturated rings. The first-order chi connectivity index (χ1) is 16.8. The summed E-state index contributed by atoms with van der Waals surface area (Å²) in [5, 5.41) is 9.33. The van der Waals surface area contributed by atoms with Gasteiger partial charge in [0, 0.05) is 25.2 Å². The molecule has 3 aliphatic rings. The number of aliphatic hydroxyl groups excluding tert-OH is 1. The Bertz CT molecular complexity index is 878. The van der Waals surface area contributed by atoms with Crippen molar-refractivity contribution in [3.63, 3.8) is 0 Å². The second-order valence-electron chi connectivity index (χ2n) is 12.2. The highest BCUT2D eigenvalue weighted by atomic mass is 16.6. The number of carbonyl (C=O) groups excluding carboxylic acids is 3.